The smallest absolute Gasteiger partial charge is 0.417 e. The van der Waals surface area contributed by atoms with E-state index in [1.807, 2.05) is 0 Å². The number of rotatable bonds is 6. The number of halogens is 6. The van der Waals surface area contributed by atoms with Crippen molar-refractivity contribution >= 4 is 6.09 Å². The van der Waals surface area contributed by atoms with Crippen LogP contribution in [0.1, 0.15) is 55.4 Å². The van der Waals surface area contributed by atoms with Crippen molar-refractivity contribution in [2.75, 3.05) is 6.61 Å². The number of carbonyl (C=O) groups is 1. The first kappa shape index (κ1) is 29.1. The molecule has 0 radical (unpaired) electrons. The Hall–Kier alpha value is -3.46. The van der Waals surface area contributed by atoms with Crippen LogP contribution in [0.5, 0.6) is 5.75 Å². The van der Waals surface area contributed by atoms with E-state index in [-0.39, 0.29) is 25.1 Å². The van der Waals surface area contributed by atoms with Crippen LogP contribution in [0.15, 0.2) is 42.5 Å². The maximum Gasteiger partial charge on any atom is 0.417 e. The van der Waals surface area contributed by atoms with Crippen LogP contribution in [0.3, 0.4) is 0 Å². The van der Waals surface area contributed by atoms with Gasteiger partial charge in [0, 0.05) is 18.5 Å². The Balaban J connectivity index is 1.65. The highest BCUT2D eigenvalue weighted by Gasteiger charge is 2.51. The average molecular weight is 544 g/mol. The molecule has 6 nitrogen and oxygen atoms in total. The number of hydrogen-bond acceptors (Lipinski definition) is 5. The maximum atomic E-state index is 13.8. The van der Waals surface area contributed by atoms with Gasteiger partial charge in [0.05, 0.1) is 17.2 Å². The first-order valence-corrected chi connectivity index (χ1v) is 11.7. The van der Waals surface area contributed by atoms with E-state index in [0.29, 0.717) is 11.8 Å². The lowest BCUT2D eigenvalue weighted by molar-refractivity contribution is -0.156. The first-order chi connectivity index (χ1) is 17.6. The van der Waals surface area contributed by atoms with Crippen molar-refractivity contribution in [2.24, 2.45) is 0 Å². The normalized spacial score (nSPS) is 20.1. The van der Waals surface area contributed by atoms with Crippen molar-refractivity contribution in [3.63, 3.8) is 0 Å². The van der Waals surface area contributed by atoms with Gasteiger partial charge in [-0.1, -0.05) is 18.2 Å². The predicted octanol–water partition coefficient (Wildman–Crippen LogP) is 6.06. The monoisotopic (exact) mass is 543 g/mol. The largest absolute Gasteiger partial charge is 0.492 e. The lowest BCUT2D eigenvalue weighted by Crippen LogP contribution is -2.44. The number of alkyl halides is 6. The molecule has 2 N–H and O–H groups in total. The molecule has 0 saturated carbocycles. The fourth-order valence-electron chi connectivity index (χ4n) is 4.16. The molecule has 3 atom stereocenters. The summed E-state index contributed by atoms with van der Waals surface area (Å²) in [7, 11) is 0. The second-order valence-electron chi connectivity index (χ2n) is 9.95. The maximum absolute atomic E-state index is 13.8. The number of carbonyl (C=O) groups excluding carboxylic acids is 1. The SMILES string of the molecule is CC(C)(C)OC(=O)NCc1ccc(OCC2CC(c3ccc(C#N)c(C(F)(F)F)c3)C(C(F)(F)F)N2)cc1. The third-order valence-corrected chi connectivity index (χ3v) is 5.82. The lowest BCUT2D eigenvalue weighted by Gasteiger charge is -2.23. The number of benzene rings is 2. The minimum atomic E-state index is -4.88. The van der Waals surface area contributed by atoms with Crippen molar-refractivity contribution in [3.8, 4) is 11.8 Å². The molecule has 12 heteroatoms. The molecule has 1 aliphatic rings. The third-order valence-electron chi connectivity index (χ3n) is 5.82. The standard InChI is InChI=1S/C26H27F6N3O3/c1-24(2,3)38-23(36)34-13-15-4-8-19(9-5-15)37-14-18-11-20(22(35-18)26(30,31)32)16-6-7-17(12-33)21(10-16)25(27,28)29/h4-10,18,20,22,35H,11,13-14H2,1-3H3,(H,34,36). The topological polar surface area (TPSA) is 83.4 Å². The number of nitriles is 1. The van der Waals surface area contributed by atoms with E-state index < -0.39 is 53.2 Å². The summed E-state index contributed by atoms with van der Waals surface area (Å²) in [6, 6.07) is 7.75. The van der Waals surface area contributed by atoms with E-state index in [4.69, 9.17) is 14.7 Å². The zero-order chi connectivity index (χ0) is 28.3. The van der Waals surface area contributed by atoms with Crippen molar-refractivity contribution in [3.05, 3.63) is 64.7 Å². The van der Waals surface area contributed by atoms with Crippen LogP contribution in [0, 0.1) is 11.3 Å². The summed E-state index contributed by atoms with van der Waals surface area (Å²) in [5.41, 5.74) is -1.98. The van der Waals surface area contributed by atoms with Crippen LogP contribution < -0.4 is 15.4 Å². The van der Waals surface area contributed by atoms with Crippen molar-refractivity contribution < 1.29 is 40.6 Å². The van der Waals surface area contributed by atoms with Crippen molar-refractivity contribution in [2.45, 2.75) is 69.7 Å². The van der Waals surface area contributed by atoms with Crippen LogP contribution >= 0.6 is 0 Å². The Morgan fingerprint density at radius 3 is 2.29 bits per heavy atom. The Morgan fingerprint density at radius 1 is 1.08 bits per heavy atom. The fraction of sp³-hybridized carbons (Fsp3) is 0.462. The van der Waals surface area contributed by atoms with E-state index in [9.17, 15) is 31.1 Å². The van der Waals surface area contributed by atoms with Gasteiger partial charge in [-0.2, -0.15) is 31.6 Å². The van der Waals surface area contributed by atoms with Gasteiger partial charge in [-0.25, -0.2) is 4.79 Å². The molecular weight excluding hydrogens is 516 g/mol. The number of nitrogens with zero attached hydrogens (tertiary/aromatic N) is 1. The summed E-state index contributed by atoms with van der Waals surface area (Å²) < 4.78 is 92.2. The van der Waals surface area contributed by atoms with E-state index in [1.165, 1.54) is 6.07 Å². The molecule has 0 aliphatic carbocycles. The number of hydrogen-bond donors (Lipinski definition) is 2. The molecule has 1 saturated heterocycles. The van der Waals surface area contributed by atoms with Gasteiger partial charge in [-0.05, 0) is 62.6 Å². The molecule has 206 valence electrons. The molecule has 0 bridgehead atoms. The van der Waals surface area contributed by atoms with Crippen LogP contribution in [0.25, 0.3) is 0 Å². The molecule has 1 amide bonds. The Labute approximate surface area is 215 Å². The van der Waals surface area contributed by atoms with Crippen LogP contribution in [-0.4, -0.2) is 36.6 Å². The average Bonchev–Trinajstić information content (AvgIpc) is 3.25. The Morgan fingerprint density at radius 2 is 1.74 bits per heavy atom. The number of amides is 1. The Bertz CT molecular complexity index is 1170. The minimum Gasteiger partial charge on any atom is -0.492 e. The molecule has 2 aromatic carbocycles. The number of alkyl carbamates (subject to hydrolysis) is 1. The van der Waals surface area contributed by atoms with E-state index in [0.717, 1.165) is 17.7 Å². The molecule has 1 fully saturated rings. The summed E-state index contributed by atoms with van der Waals surface area (Å²) >= 11 is 0. The zero-order valence-electron chi connectivity index (χ0n) is 20.8. The van der Waals surface area contributed by atoms with Crippen molar-refractivity contribution in [1.29, 1.82) is 5.26 Å². The second-order valence-corrected chi connectivity index (χ2v) is 9.95. The molecular formula is C26H27F6N3O3. The quantitative estimate of drug-likeness (QED) is 0.433. The molecule has 1 heterocycles. The predicted molar refractivity (Wildman–Crippen MR) is 125 cm³/mol. The minimum absolute atomic E-state index is 0.120. The van der Waals surface area contributed by atoms with Gasteiger partial charge in [-0.3, -0.25) is 5.32 Å². The Kier molecular flexibility index (Phi) is 8.51. The fourth-order valence-corrected chi connectivity index (χ4v) is 4.16. The van der Waals surface area contributed by atoms with E-state index >= 15 is 0 Å². The van der Waals surface area contributed by atoms with Gasteiger partial charge in [0.25, 0.3) is 0 Å². The molecule has 38 heavy (non-hydrogen) atoms. The first-order valence-electron chi connectivity index (χ1n) is 11.7. The highest BCUT2D eigenvalue weighted by Crippen LogP contribution is 2.42. The highest BCUT2D eigenvalue weighted by molar-refractivity contribution is 5.67. The van der Waals surface area contributed by atoms with Gasteiger partial charge in [0.15, 0.2) is 0 Å². The van der Waals surface area contributed by atoms with Gasteiger partial charge in [0.1, 0.15) is 24.0 Å². The second kappa shape index (κ2) is 11.1. The summed E-state index contributed by atoms with van der Waals surface area (Å²) in [6.07, 6.45) is -10.3. The number of nitrogens with one attached hydrogen (secondary N) is 2. The van der Waals surface area contributed by atoms with Crippen LogP contribution in [0.2, 0.25) is 0 Å². The summed E-state index contributed by atoms with van der Waals surface area (Å²) in [4.78, 5) is 11.8. The van der Waals surface area contributed by atoms with Crippen LogP contribution in [-0.2, 0) is 17.5 Å². The molecule has 0 aromatic heterocycles. The van der Waals surface area contributed by atoms with Gasteiger partial charge in [-0.15, -0.1) is 0 Å². The highest BCUT2D eigenvalue weighted by atomic mass is 19.4. The zero-order valence-corrected chi connectivity index (χ0v) is 20.8. The van der Waals surface area contributed by atoms with Crippen LogP contribution in [0.4, 0.5) is 31.1 Å². The third kappa shape index (κ3) is 7.77. The van der Waals surface area contributed by atoms with Gasteiger partial charge in [0.2, 0.25) is 0 Å². The molecule has 3 unspecified atom stereocenters. The lowest BCUT2D eigenvalue weighted by atomic mass is 9.88. The molecule has 2 aromatic rings. The van der Waals surface area contributed by atoms with Crippen molar-refractivity contribution in [1.82, 2.24) is 10.6 Å². The molecule has 3 rings (SSSR count). The summed E-state index contributed by atoms with van der Waals surface area (Å²) in [5.74, 6) is -0.920. The molecule has 0 spiro atoms. The molecule has 1 aliphatic heterocycles. The summed E-state index contributed by atoms with van der Waals surface area (Å²) in [5, 5.41) is 14.0. The van der Waals surface area contributed by atoms with E-state index in [2.05, 4.69) is 10.6 Å². The van der Waals surface area contributed by atoms with E-state index in [1.54, 1.807) is 45.0 Å². The van der Waals surface area contributed by atoms with Gasteiger partial charge >= 0.3 is 18.4 Å². The summed E-state index contributed by atoms with van der Waals surface area (Å²) in [6.45, 7) is 5.25. The van der Waals surface area contributed by atoms with Gasteiger partial charge < -0.3 is 14.8 Å². The number of ether oxygens (including phenoxy) is 2.